The molecule has 0 bridgehead atoms. The number of rotatable bonds is 13. The van der Waals surface area contributed by atoms with Gasteiger partial charge >= 0.3 is 0 Å². The van der Waals surface area contributed by atoms with Crippen molar-refractivity contribution in [1.29, 1.82) is 0 Å². The van der Waals surface area contributed by atoms with Crippen LogP contribution in [0.25, 0.3) is 0 Å². The zero-order chi connectivity index (χ0) is 24.3. The Morgan fingerprint density at radius 2 is 1.62 bits per heavy atom. The van der Waals surface area contributed by atoms with E-state index in [2.05, 4.69) is 48.4 Å². The summed E-state index contributed by atoms with van der Waals surface area (Å²) in [4.78, 5) is 5.67. The van der Waals surface area contributed by atoms with E-state index in [9.17, 15) is 5.11 Å². The van der Waals surface area contributed by atoms with Crippen molar-refractivity contribution in [2.45, 2.75) is 59.0 Å². The summed E-state index contributed by atoms with van der Waals surface area (Å²) in [6.07, 6.45) is 3.93. The minimum atomic E-state index is -0.365. The number of hydrogen-bond acceptors (Lipinski definition) is 6. The topological polar surface area (TPSA) is 81.8 Å². The lowest BCUT2D eigenvalue weighted by molar-refractivity contribution is -0.00779. The Morgan fingerprint density at radius 3 is 2.24 bits per heavy atom. The summed E-state index contributed by atoms with van der Waals surface area (Å²) in [6, 6.07) is 20.0. The molecule has 7 nitrogen and oxygen atoms in total. The highest BCUT2D eigenvalue weighted by Crippen LogP contribution is 2.20. The van der Waals surface area contributed by atoms with Crippen LogP contribution in [0.5, 0.6) is 0 Å². The van der Waals surface area contributed by atoms with Gasteiger partial charge in [0.1, 0.15) is 5.69 Å². The average Bonchev–Trinajstić information content (AvgIpc) is 3.34. The van der Waals surface area contributed by atoms with Gasteiger partial charge in [-0.25, -0.2) is 4.68 Å². The Kier molecular flexibility index (Phi) is 9.79. The molecule has 0 amide bonds. The van der Waals surface area contributed by atoms with Gasteiger partial charge in [0.15, 0.2) is 6.10 Å². The van der Waals surface area contributed by atoms with Crippen LogP contribution >= 0.6 is 0 Å². The van der Waals surface area contributed by atoms with Crippen LogP contribution in [0, 0.1) is 11.8 Å². The van der Waals surface area contributed by atoms with Crippen molar-refractivity contribution in [2.75, 3.05) is 6.61 Å². The minimum Gasteiger partial charge on any atom is -0.394 e. The van der Waals surface area contributed by atoms with Crippen molar-refractivity contribution in [3.8, 4) is 0 Å². The van der Waals surface area contributed by atoms with Crippen LogP contribution in [-0.4, -0.2) is 39.0 Å². The molecule has 0 aliphatic heterocycles. The third kappa shape index (κ3) is 7.50. The molecule has 0 radical (unpaired) electrons. The van der Waals surface area contributed by atoms with E-state index in [0.717, 1.165) is 11.1 Å². The second kappa shape index (κ2) is 13.0. The number of oxime groups is 1. The van der Waals surface area contributed by atoms with Crippen molar-refractivity contribution >= 4 is 6.21 Å². The summed E-state index contributed by atoms with van der Waals surface area (Å²) in [7, 11) is 0. The molecule has 0 aliphatic rings. The number of aliphatic hydroxyl groups is 1. The average molecular weight is 465 g/mol. The van der Waals surface area contributed by atoms with E-state index in [1.165, 1.54) is 0 Å². The zero-order valence-electron chi connectivity index (χ0n) is 20.5. The number of nitrogens with zero attached hydrogens (tertiary/aromatic N) is 4. The highest BCUT2D eigenvalue weighted by molar-refractivity contribution is 5.60. The summed E-state index contributed by atoms with van der Waals surface area (Å²) in [5.74, 6) is 0.416. The van der Waals surface area contributed by atoms with Crippen LogP contribution in [0.15, 0.2) is 72.0 Å². The highest BCUT2D eigenvalue weighted by Gasteiger charge is 2.21. The van der Waals surface area contributed by atoms with Crippen LogP contribution < -0.4 is 0 Å². The van der Waals surface area contributed by atoms with E-state index < -0.39 is 0 Å². The van der Waals surface area contributed by atoms with Gasteiger partial charge in [0.05, 0.1) is 31.6 Å². The van der Waals surface area contributed by atoms with Gasteiger partial charge in [-0.2, -0.15) is 0 Å². The second-order valence-corrected chi connectivity index (χ2v) is 9.02. The highest BCUT2D eigenvalue weighted by atomic mass is 16.6. The largest absolute Gasteiger partial charge is 0.394 e. The SMILES string of the molecule is CC(C)[C@@H](OCc1ccccc1)[C@H](C)/C=N\O[C@@H](C)c1cn([C@H](CO)Cc2ccccc2)nn1. The number of benzene rings is 2. The molecular formula is C27H36N4O3. The fourth-order valence-corrected chi connectivity index (χ4v) is 3.86. The predicted molar refractivity (Wildman–Crippen MR) is 133 cm³/mol. The van der Waals surface area contributed by atoms with Gasteiger partial charge in [-0.05, 0) is 30.4 Å². The lowest BCUT2D eigenvalue weighted by Gasteiger charge is -2.25. The lowest BCUT2D eigenvalue weighted by Crippen LogP contribution is -2.28. The molecule has 7 heteroatoms. The summed E-state index contributed by atoms with van der Waals surface area (Å²) in [6.45, 7) is 8.80. The van der Waals surface area contributed by atoms with Gasteiger partial charge in [0, 0.05) is 12.1 Å². The molecule has 2 aromatic carbocycles. The maximum absolute atomic E-state index is 9.85. The molecule has 3 rings (SSSR count). The maximum atomic E-state index is 9.85. The predicted octanol–water partition coefficient (Wildman–Crippen LogP) is 5.00. The van der Waals surface area contributed by atoms with Gasteiger partial charge < -0.3 is 14.7 Å². The second-order valence-electron chi connectivity index (χ2n) is 9.02. The Balaban J connectivity index is 1.54. The van der Waals surface area contributed by atoms with Gasteiger partial charge in [0.25, 0.3) is 0 Å². The fourth-order valence-electron chi connectivity index (χ4n) is 3.86. The summed E-state index contributed by atoms with van der Waals surface area (Å²) in [5.41, 5.74) is 2.95. The fraction of sp³-hybridized carbons (Fsp3) is 0.444. The molecule has 1 heterocycles. The zero-order valence-corrected chi connectivity index (χ0v) is 20.5. The van der Waals surface area contributed by atoms with Crippen molar-refractivity contribution in [2.24, 2.45) is 17.0 Å². The van der Waals surface area contributed by atoms with Crippen LogP contribution in [0.2, 0.25) is 0 Å². The van der Waals surface area contributed by atoms with Gasteiger partial charge in [-0.15, -0.1) is 5.10 Å². The van der Waals surface area contributed by atoms with E-state index in [1.807, 2.05) is 61.7 Å². The van der Waals surface area contributed by atoms with E-state index in [4.69, 9.17) is 9.57 Å². The lowest BCUT2D eigenvalue weighted by atomic mass is 9.95. The smallest absolute Gasteiger partial charge is 0.169 e. The summed E-state index contributed by atoms with van der Waals surface area (Å²) in [5, 5.41) is 22.5. The van der Waals surface area contributed by atoms with Crippen molar-refractivity contribution in [3.05, 3.63) is 83.7 Å². The molecule has 0 saturated carbocycles. The third-order valence-electron chi connectivity index (χ3n) is 5.82. The molecule has 0 aliphatic carbocycles. The molecule has 0 saturated heterocycles. The first kappa shape index (κ1) is 25.6. The van der Waals surface area contributed by atoms with Crippen molar-refractivity contribution < 1.29 is 14.7 Å². The van der Waals surface area contributed by atoms with E-state index in [-0.39, 0.29) is 30.8 Å². The Bertz CT molecular complexity index is 991. The number of aliphatic hydroxyl groups excluding tert-OH is 1. The molecule has 0 unspecified atom stereocenters. The summed E-state index contributed by atoms with van der Waals surface area (Å²) < 4.78 is 7.88. The van der Waals surface area contributed by atoms with Crippen LogP contribution in [0.1, 0.15) is 56.7 Å². The molecule has 4 atom stereocenters. The van der Waals surface area contributed by atoms with Crippen molar-refractivity contribution in [1.82, 2.24) is 15.0 Å². The maximum Gasteiger partial charge on any atom is 0.169 e. The molecule has 0 spiro atoms. The monoisotopic (exact) mass is 464 g/mol. The van der Waals surface area contributed by atoms with Crippen LogP contribution in [0.4, 0.5) is 0 Å². The van der Waals surface area contributed by atoms with Crippen LogP contribution in [-0.2, 0) is 22.6 Å². The van der Waals surface area contributed by atoms with E-state index in [0.29, 0.717) is 24.6 Å². The molecule has 0 fully saturated rings. The first-order chi connectivity index (χ1) is 16.5. The Labute approximate surface area is 202 Å². The molecule has 1 N–H and O–H groups in total. The van der Waals surface area contributed by atoms with Gasteiger partial charge in [-0.1, -0.05) is 91.8 Å². The van der Waals surface area contributed by atoms with Crippen LogP contribution in [0.3, 0.4) is 0 Å². The first-order valence-electron chi connectivity index (χ1n) is 11.9. The third-order valence-corrected chi connectivity index (χ3v) is 5.82. The molecule has 3 aromatic rings. The number of ether oxygens (including phenoxy) is 1. The van der Waals surface area contributed by atoms with Gasteiger partial charge in [0.2, 0.25) is 0 Å². The number of aromatic nitrogens is 3. The Hall–Kier alpha value is -3.03. The first-order valence-corrected chi connectivity index (χ1v) is 11.9. The minimum absolute atomic E-state index is 0.0204. The number of hydrogen-bond donors (Lipinski definition) is 1. The normalized spacial score (nSPS) is 15.4. The molecular weight excluding hydrogens is 428 g/mol. The quantitative estimate of drug-likeness (QED) is 0.284. The van der Waals surface area contributed by atoms with E-state index in [1.54, 1.807) is 10.9 Å². The Morgan fingerprint density at radius 1 is 0.971 bits per heavy atom. The van der Waals surface area contributed by atoms with Gasteiger partial charge in [-0.3, -0.25) is 0 Å². The van der Waals surface area contributed by atoms with E-state index >= 15 is 0 Å². The standard InChI is InChI=1S/C27H36N4O3/c1-20(2)27(33-19-24-13-9-6-10-14-24)21(3)16-28-34-22(4)26-17-31(30-29-26)25(18-32)15-23-11-7-5-8-12-23/h5-14,16-17,20-22,25,27,32H,15,18-19H2,1-4H3/b28-16-/t21-,22+,25+,27-/m1/s1. The van der Waals surface area contributed by atoms with Crippen molar-refractivity contribution in [3.63, 3.8) is 0 Å². The molecule has 182 valence electrons. The molecule has 1 aromatic heterocycles. The molecule has 34 heavy (non-hydrogen) atoms. The summed E-state index contributed by atoms with van der Waals surface area (Å²) >= 11 is 0.